The van der Waals surface area contributed by atoms with Crippen LogP contribution in [0.4, 0.5) is 4.39 Å². The van der Waals surface area contributed by atoms with E-state index in [-0.39, 0.29) is 5.82 Å². The number of benzene rings is 2. The molecule has 0 atom stereocenters. The molecule has 1 fully saturated rings. The standard InChI is InChI=1S/C20H24FNO2/c21-18-6-10-20(11-7-18)24-15-14-22(12-2-1-3-13-22)16-17-4-8-19(23)9-5-17/h4-11H,1-3,12-16H2/p+1. The predicted molar refractivity (Wildman–Crippen MR) is 92.4 cm³/mol. The van der Waals surface area contributed by atoms with Crippen molar-refractivity contribution in [2.75, 3.05) is 26.2 Å². The van der Waals surface area contributed by atoms with Crippen molar-refractivity contribution in [2.24, 2.45) is 0 Å². The van der Waals surface area contributed by atoms with Gasteiger partial charge in [0.2, 0.25) is 0 Å². The number of ether oxygens (including phenoxy) is 1. The van der Waals surface area contributed by atoms with E-state index < -0.39 is 0 Å². The van der Waals surface area contributed by atoms with E-state index in [0.29, 0.717) is 12.4 Å². The third kappa shape index (κ3) is 4.48. The van der Waals surface area contributed by atoms with E-state index in [1.54, 1.807) is 24.3 Å². The van der Waals surface area contributed by atoms with Crippen molar-refractivity contribution < 1.29 is 18.7 Å². The van der Waals surface area contributed by atoms with Crippen LogP contribution in [0.2, 0.25) is 0 Å². The van der Waals surface area contributed by atoms with Gasteiger partial charge in [-0.1, -0.05) is 0 Å². The number of aromatic hydroxyl groups is 1. The fourth-order valence-electron chi connectivity index (χ4n) is 3.52. The molecule has 1 aliphatic heterocycles. The normalized spacial score (nSPS) is 16.7. The van der Waals surface area contributed by atoms with Crippen LogP contribution in [0.25, 0.3) is 0 Å². The van der Waals surface area contributed by atoms with Crippen LogP contribution in [-0.4, -0.2) is 35.8 Å². The SMILES string of the molecule is Oc1ccc(C[N+]2(CCOc3ccc(F)cc3)CCCCC2)cc1. The molecule has 128 valence electrons. The number of phenolic OH excluding ortho intramolecular Hbond substituents is 1. The number of rotatable bonds is 6. The zero-order valence-corrected chi connectivity index (χ0v) is 14.0. The Labute approximate surface area is 142 Å². The molecule has 24 heavy (non-hydrogen) atoms. The van der Waals surface area contributed by atoms with Gasteiger partial charge in [0, 0.05) is 5.56 Å². The van der Waals surface area contributed by atoms with Gasteiger partial charge in [0.1, 0.15) is 37.0 Å². The Morgan fingerprint density at radius 3 is 2.25 bits per heavy atom. The summed E-state index contributed by atoms with van der Waals surface area (Å²) in [5, 5.41) is 9.46. The molecule has 0 saturated carbocycles. The van der Waals surface area contributed by atoms with Crippen molar-refractivity contribution in [1.82, 2.24) is 0 Å². The van der Waals surface area contributed by atoms with E-state index >= 15 is 0 Å². The molecular weight excluding hydrogens is 305 g/mol. The first kappa shape index (κ1) is 16.8. The molecular formula is C20H25FNO2+. The highest BCUT2D eigenvalue weighted by molar-refractivity contribution is 5.25. The number of nitrogens with zero attached hydrogens (tertiary/aromatic N) is 1. The molecule has 2 aromatic carbocycles. The van der Waals surface area contributed by atoms with Crippen LogP contribution in [0.3, 0.4) is 0 Å². The van der Waals surface area contributed by atoms with Gasteiger partial charge in [-0.2, -0.15) is 0 Å². The van der Waals surface area contributed by atoms with Crippen molar-refractivity contribution in [3.05, 3.63) is 59.9 Å². The number of phenols is 1. The highest BCUT2D eigenvalue weighted by atomic mass is 19.1. The van der Waals surface area contributed by atoms with E-state index in [4.69, 9.17) is 4.74 Å². The Morgan fingerprint density at radius 1 is 0.917 bits per heavy atom. The summed E-state index contributed by atoms with van der Waals surface area (Å²) in [6.07, 6.45) is 3.79. The molecule has 3 nitrogen and oxygen atoms in total. The van der Waals surface area contributed by atoms with E-state index in [0.717, 1.165) is 36.4 Å². The fraction of sp³-hybridized carbons (Fsp3) is 0.400. The maximum atomic E-state index is 13.0. The fourth-order valence-corrected chi connectivity index (χ4v) is 3.52. The molecule has 4 heteroatoms. The Kier molecular flexibility index (Phi) is 5.36. The minimum atomic E-state index is -0.241. The smallest absolute Gasteiger partial charge is 0.137 e. The third-order valence-electron chi connectivity index (χ3n) is 4.87. The van der Waals surface area contributed by atoms with Crippen molar-refractivity contribution in [3.63, 3.8) is 0 Å². The van der Waals surface area contributed by atoms with Crippen LogP contribution < -0.4 is 4.74 Å². The average Bonchev–Trinajstić information content (AvgIpc) is 2.60. The number of hydrogen-bond donors (Lipinski definition) is 1. The molecule has 0 aliphatic carbocycles. The Hall–Kier alpha value is -2.07. The van der Waals surface area contributed by atoms with Gasteiger partial charge in [-0.15, -0.1) is 0 Å². The zero-order chi connectivity index (χ0) is 16.8. The Morgan fingerprint density at radius 2 is 1.58 bits per heavy atom. The summed E-state index contributed by atoms with van der Waals surface area (Å²) in [4.78, 5) is 0. The van der Waals surface area contributed by atoms with Gasteiger partial charge < -0.3 is 14.3 Å². The molecule has 0 unspecified atom stereocenters. The van der Waals surface area contributed by atoms with Crippen molar-refractivity contribution in [1.29, 1.82) is 0 Å². The van der Waals surface area contributed by atoms with E-state index in [2.05, 4.69) is 0 Å². The van der Waals surface area contributed by atoms with Crippen molar-refractivity contribution in [2.45, 2.75) is 25.8 Å². The molecule has 1 saturated heterocycles. The highest BCUT2D eigenvalue weighted by Gasteiger charge is 2.30. The number of quaternary nitrogens is 1. The molecule has 0 amide bonds. The summed E-state index contributed by atoms with van der Waals surface area (Å²) in [6, 6.07) is 13.7. The molecule has 1 N–H and O–H groups in total. The third-order valence-corrected chi connectivity index (χ3v) is 4.87. The Balaban J connectivity index is 1.62. The summed E-state index contributed by atoms with van der Waals surface area (Å²) < 4.78 is 19.8. The van der Waals surface area contributed by atoms with Crippen molar-refractivity contribution in [3.8, 4) is 11.5 Å². The zero-order valence-electron chi connectivity index (χ0n) is 14.0. The maximum Gasteiger partial charge on any atom is 0.137 e. The lowest BCUT2D eigenvalue weighted by atomic mass is 10.1. The van der Waals surface area contributed by atoms with Gasteiger partial charge in [-0.25, -0.2) is 4.39 Å². The van der Waals surface area contributed by atoms with Crippen LogP contribution in [0.15, 0.2) is 48.5 Å². The summed E-state index contributed by atoms with van der Waals surface area (Å²) in [7, 11) is 0. The van der Waals surface area contributed by atoms with Gasteiger partial charge in [0.15, 0.2) is 0 Å². The van der Waals surface area contributed by atoms with Gasteiger partial charge in [-0.05, 0) is 67.8 Å². The van der Waals surface area contributed by atoms with Gasteiger partial charge in [0.05, 0.1) is 13.1 Å². The second-order valence-electron chi connectivity index (χ2n) is 6.70. The van der Waals surface area contributed by atoms with Crippen LogP contribution in [0, 0.1) is 5.82 Å². The largest absolute Gasteiger partial charge is 0.508 e. The molecule has 0 radical (unpaired) electrons. The second-order valence-corrected chi connectivity index (χ2v) is 6.70. The quantitative estimate of drug-likeness (QED) is 0.808. The highest BCUT2D eigenvalue weighted by Crippen LogP contribution is 2.24. The first-order valence-corrected chi connectivity index (χ1v) is 8.67. The molecule has 3 rings (SSSR count). The monoisotopic (exact) mass is 330 g/mol. The van der Waals surface area contributed by atoms with Crippen LogP contribution in [-0.2, 0) is 6.54 Å². The molecule has 0 spiro atoms. The molecule has 0 aromatic heterocycles. The topological polar surface area (TPSA) is 29.5 Å². The average molecular weight is 330 g/mol. The minimum absolute atomic E-state index is 0.241. The molecule has 0 bridgehead atoms. The summed E-state index contributed by atoms with van der Waals surface area (Å²) in [5.41, 5.74) is 1.25. The van der Waals surface area contributed by atoms with Crippen LogP contribution in [0.1, 0.15) is 24.8 Å². The maximum absolute atomic E-state index is 13.0. The van der Waals surface area contributed by atoms with E-state index in [9.17, 15) is 9.50 Å². The second kappa shape index (κ2) is 7.67. The lowest BCUT2D eigenvalue weighted by Crippen LogP contribution is -2.52. The van der Waals surface area contributed by atoms with Crippen LogP contribution >= 0.6 is 0 Å². The number of piperidine rings is 1. The lowest BCUT2D eigenvalue weighted by molar-refractivity contribution is -0.945. The first-order valence-electron chi connectivity index (χ1n) is 8.67. The number of hydrogen-bond acceptors (Lipinski definition) is 2. The lowest BCUT2D eigenvalue weighted by Gasteiger charge is -2.41. The predicted octanol–water partition coefficient (Wildman–Crippen LogP) is 4.11. The summed E-state index contributed by atoms with van der Waals surface area (Å²) in [6.45, 7) is 4.86. The van der Waals surface area contributed by atoms with E-state index in [1.165, 1.54) is 37.0 Å². The molecule has 2 aromatic rings. The van der Waals surface area contributed by atoms with Gasteiger partial charge in [0.25, 0.3) is 0 Å². The Bertz CT molecular complexity index is 634. The van der Waals surface area contributed by atoms with E-state index in [1.807, 2.05) is 12.1 Å². The van der Waals surface area contributed by atoms with Crippen molar-refractivity contribution >= 4 is 0 Å². The molecule has 1 aliphatic rings. The number of likely N-dealkylation sites (tertiary alicyclic amines) is 1. The molecule has 1 heterocycles. The minimum Gasteiger partial charge on any atom is -0.508 e. The summed E-state index contributed by atoms with van der Waals surface area (Å²) in [5.74, 6) is 0.786. The first-order chi connectivity index (χ1) is 11.7. The number of halogens is 1. The van der Waals surface area contributed by atoms with Crippen LogP contribution in [0.5, 0.6) is 11.5 Å². The summed E-state index contributed by atoms with van der Waals surface area (Å²) >= 11 is 0. The van der Waals surface area contributed by atoms with Gasteiger partial charge in [-0.3, -0.25) is 0 Å². The van der Waals surface area contributed by atoms with Gasteiger partial charge >= 0.3 is 0 Å².